The summed E-state index contributed by atoms with van der Waals surface area (Å²) in [6.45, 7) is 7.94. The number of nitrogens with one attached hydrogen (secondary N) is 1. The van der Waals surface area contributed by atoms with Crippen molar-refractivity contribution in [2.45, 2.75) is 38.6 Å². The SMILES string of the molecule is CC(C)CNC1(CO)CCCN(C)CC1. The Morgan fingerprint density at radius 3 is 2.67 bits per heavy atom. The fourth-order valence-electron chi connectivity index (χ4n) is 2.14. The molecule has 1 unspecified atom stereocenters. The van der Waals surface area contributed by atoms with Gasteiger partial charge in [0.1, 0.15) is 0 Å². The summed E-state index contributed by atoms with van der Waals surface area (Å²) in [5, 5.41) is 13.2. The van der Waals surface area contributed by atoms with E-state index in [4.69, 9.17) is 0 Å². The van der Waals surface area contributed by atoms with Crippen molar-refractivity contribution in [2.75, 3.05) is 33.3 Å². The van der Waals surface area contributed by atoms with Crippen LogP contribution in [0.2, 0.25) is 0 Å². The standard InChI is InChI=1S/C12H26N2O/c1-11(2)9-13-12(10-15)5-4-7-14(3)8-6-12/h11,13,15H,4-10H2,1-3H3. The first-order valence-corrected chi connectivity index (χ1v) is 6.12. The molecule has 90 valence electrons. The summed E-state index contributed by atoms with van der Waals surface area (Å²) in [4.78, 5) is 2.36. The van der Waals surface area contributed by atoms with Gasteiger partial charge in [0.05, 0.1) is 6.61 Å². The molecule has 3 heteroatoms. The zero-order chi connectivity index (χ0) is 11.3. The Hall–Kier alpha value is -0.120. The largest absolute Gasteiger partial charge is 0.394 e. The van der Waals surface area contributed by atoms with Crippen LogP contribution in [0.3, 0.4) is 0 Å². The monoisotopic (exact) mass is 214 g/mol. The van der Waals surface area contributed by atoms with Crippen LogP contribution < -0.4 is 5.32 Å². The van der Waals surface area contributed by atoms with Gasteiger partial charge in [-0.2, -0.15) is 0 Å². The number of nitrogens with zero attached hydrogens (tertiary/aromatic N) is 1. The Bertz CT molecular complexity index is 184. The lowest BCUT2D eigenvalue weighted by atomic mass is 9.91. The molecule has 0 aromatic rings. The summed E-state index contributed by atoms with van der Waals surface area (Å²) in [7, 11) is 2.16. The number of aliphatic hydroxyl groups is 1. The van der Waals surface area contributed by atoms with Crippen molar-refractivity contribution >= 4 is 0 Å². The predicted octanol–water partition coefficient (Wildman–Crippen LogP) is 1.08. The van der Waals surface area contributed by atoms with Gasteiger partial charge in [0.2, 0.25) is 0 Å². The molecular formula is C12H26N2O. The van der Waals surface area contributed by atoms with Gasteiger partial charge >= 0.3 is 0 Å². The Morgan fingerprint density at radius 2 is 2.07 bits per heavy atom. The third-order valence-electron chi connectivity index (χ3n) is 3.36. The maximum Gasteiger partial charge on any atom is 0.0613 e. The van der Waals surface area contributed by atoms with Crippen molar-refractivity contribution in [3.63, 3.8) is 0 Å². The molecule has 1 rings (SSSR count). The normalized spacial score (nSPS) is 29.4. The second-order valence-corrected chi connectivity index (χ2v) is 5.37. The molecule has 1 aliphatic heterocycles. The first-order valence-electron chi connectivity index (χ1n) is 6.12. The first kappa shape index (κ1) is 12.9. The van der Waals surface area contributed by atoms with E-state index in [1.807, 2.05) is 0 Å². The molecule has 1 heterocycles. The third kappa shape index (κ3) is 4.09. The second-order valence-electron chi connectivity index (χ2n) is 5.37. The molecule has 0 radical (unpaired) electrons. The smallest absolute Gasteiger partial charge is 0.0613 e. The van der Waals surface area contributed by atoms with Crippen LogP contribution in [0.4, 0.5) is 0 Å². The van der Waals surface area contributed by atoms with Crippen LogP contribution in [-0.2, 0) is 0 Å². The number of rotatable bonds is 4. The van der Waals surface area contributed by atoms with Crippen LogP contribution in [0.1, 0.15) is 33.1 Å². The lowest BCUT2D eigenvalue weighted by Gasteiger charge is -2.33. The lowest BCUT2D eigenvalue weighted by Crippen LogP contribution is -2.50. The van der Waals surface area contributed by atoms with Gasteiger partial charge in [0, 0.05) is 5.54 Å². The summed E-state index contributed by atoms with van der Waals surface area (Å²) >= 11 is 0. The summed E-state index contributed by atoms with van der Waals surface area (Å²) in [5.41, 5.74) is -0.0188. The molecule has 0 amide bonds. The topological polar surface area (TPSA) is 35.5 Å². The van der Waals surface area contributed by atoms with E-state index in [0.29, 0.717) is 5.92 Å². The predicted molar refractivity (Wildman–Crippen MR) is 64.0 cm³/mol. The Balaban J connectivity index is 2.50. The molecule has 15 heavy (non-hydrogen) atoms. The van der Waals surface area contributed by atoms with E-state index in [9.17, 15) is 5.11 Å². The van der Waals surface area contributed by atoms with Crippen LogP contribution in [0.5, 0.6) is 0 Å². The van der Waals surface area contributed by atoms with E-state index >= 15 is 0 Å². The molecule has 2 N–H and O–H groups in total. The van der Waals surface area contributed by atoms with Gasteiger partial charge in [0.15, 0.2) is 0 Å². The van der Waals surface area contributed by atoms with Gasteiger partial charge < -0.3 is 15.3 Å². The fourth-order valence-corrected chi connectivity index (χ4v) is 2.14. The summed E-state index contributed by atoms with van der Waals surface area (Å²) in [5.74, 6) is 0.648. The first-order chi connectivity index (χ1) is 7.08. The molecular weight excluding hydrogens is 188 g/mol. The molecule has 0 aliphatic carbocycles. The highest BCUT2D eigenvalue weighted by atomic mass is 16.3. The minimum atomic E-state index is -0.0188. The van der Waals surface area contributed by atoms with Crippen molar-refractivity contribution in [3.8, 4) is 0 Å². The van der Waals surface area contributed by atoms with Gasteiger partial charge in [-0.05, 0) is 51.9 Å². The fraction of sp³-hybridized carbons (Fsp3) is 1.00. The van der Waals surface area contributed by atoms with Crippen molar-refractivity contribution in [2.24, 2.45) is 5.92 Å². The molecule has 0 aromatic heterocycles. The molecule has 1 atom stereocenters. The van der Waals surface area contributed by atoms with E-state index in [1.54, 1.807) is 0 Å². The van der Waals surface area contributed by atoms with E-state index < -0.39 is 0 Å². The highest BCUT2D eigenvalue weighted by molar-refractivity contribution is 4.90. The average Bonchev–Trinajstić information content (AvgIpc) is 2.39. The Morgan fingerprint density at radius 1 is 1.33 bits per heavy atom. The summed E-state index contributed by atoms with van der Waals surface area (Å²) in [6.07, 6.45) is 3.34. The van der Waals surface area contributed by atoms with Crippen LogP contribution in [0, 0.1) is 5.92 Å². The minimum Gasteiger partial charge on any atom is -0.394 e. The zero-order valence-corrected chi connectivity index (χ0v) is 10.4. The van der Waals surface area contributed by atoms with Gasteiger partial charge in [0.25, 0.3) is 0 Å². The van der Waals surface area contributed by atoms with Crippen LogP contribution in [0.25, 0.3) is 0 Å². The highest BCUT2D eigenvalue weighted by Crippen LogP contribution is 2.21. The number of likely N-dealkylation sites (tertiary alicyclic amines) is 1. The number of hydrogen-bond acceptors (Lipinski definition) is 3. The van der Waals surface area contributed by atoms with Crippen molar-refractivity contribution in [1.29, 1.82) is 0 Å². The molecule has 1 aliphatic rings. The van der Waals surface area contributed by atoms with Crippen LogP contribution in [0.15, 0.2) is 0 Å². The number of aliphatic hydroxyl groups excluding tert-OH is 1. The maximum atomic E-state index is 9.58. The molecule has 0 saturated carbocycles. The quantitative estimate of drug-likeness (QED) is 0.735. The third-order valence-corrected chi connectivity index (χ3v) is 3.36. The molecule has 1 saturated heterocycles. The lowest BCUT2D eigenvalue weighted by molar-refractivity contribution is 0.140. The average molecular weight is 214 g/mol. The molecule has 0 aromatic carbocycles. The van der Waals surface area contributed by atoms with Crippen LogP contribution >= 0.6 is 0 Å². The maximum absolute atomic E-state index is 9.58. The van der Waals surface area contributed by atoms with E-state index in [0.717, 1.165) is 32.5 Å². The van der Waals surface area contributed by atoms with E-state index in [-0.39, 0.29) is 12.1 Å². The van der Waals surface area contributed by atoms with Crippen molar-refractivity contribution in [1.82, 2.24) is 10.2 Å². The number of hydrogen-bond donors (Lipinski definition) is 2. The Labute approximate surface area is 93.9 Å². The molecule has 0 spiro atoms. The van der Waals surface area contributed by atoms with Crippen molar-refractivity contribution in [3.05, 3.63) is 0 Å². The minimum absolute atomic E-state index is 0.0188. The van der Waals surface area contributed by atoms with Gasteiger partial charge in [-0.3, -0.25) is 0 Å². The molecule has 1 fully saturated rings. The van der Waals surface area contributed by atoms with Crippen molar-refractivity contribution < 1.29 is 5.11 Å². The molecule has 3 nitrogen and oxygen atoms in total. The summed E-state index contributed by atoms with van der Waals surface area (Å²) < 4.78 is 0. The Kier molecular flexibility index (Phi) is 5.03. The van der Waals surface area contributed by atoms with E-state index in [1.165, 1.54) is 6.42 Å². The van der Waals surface area contributed by atoms with Gasteiger partial charge in [-0.15, -0.1) is 0 Å². The van der Waals surface area contributed by atoms with Crippen LogP contribution in [-0.4, -0.2) is 48.8 Å². The van der Waals surface area contributed by atoms with Gasteiger partial charge in [-0.25, -0.2) is 0 Å². The second kappa shape index (κ2) is 5.83. The highest BCUT2D eigenvalue weighted by Gasteiger charge is 2.30. The summed E-state index contributed by atoms with van der Waals surface area (Å²) in [6, 6.07) is 0. The van der Waals surface area contributed by atoms with E-state index in [2.05, 4.69) is 31.1 Å². The molecule has 0 bridgehead atoms. The zero-order valence-electron chi connectivity index (χ0n) is 10.4. The van der Waals surface area contributed by atoms with Gasteiger partial charge in [-0.1, -0.05) is 13.8 Å².